The summed E-state index contributed by atoms with van der Waals surface area (Å²) in [6.45, 7) is 4.63. The first-order chi connectivity index (χ1) is 13.7. The smallest absolute Gasteiger partial charge is 0.250 e. The van der Waals surface area contributed by atoms with Crippen LogP contribution in [-0.2, 0) is 12.3 Å². The molecule has 4 aromatic rings. The van der Waals surface area contributed by atoms with Crippen LogP contribution in [0.25, 0.3) is 22.8 Å². The molecule has 28 heavy (non-hydrogen) atoms. The predicted molar refractivity (Wildman–Crippen MR) is 103 cm³/mol. The van der Waals surface area contributed by atoms with Crippen LogP contribution in [0.5, 0.6) is 0 Å². The van der Waals surface area contributed by atoms with Gasteiger partial charge in [0.25, 0.3) is 5.89 Å². The van der Waals surface area contributed by atoms with Crippen LogP contribution in [0.15, 0.2) is 52.3 Å². The maximum absolute atomic E-state index is 14.0. The number of nitrogens with zero attached hydrogens (tertiary/aromatic N) is 6. The van der Waals surface area contributed by atoms with Crippen LogP contribution < -0.4 is 0 Å². The number of aromatic nitrogens is 6. The predicted octanol–water partition coefficient (Wildman–Crippen LogP) is 4.15. The van der Waals surface area contributed by atoms with Gasteiger partial charge in [0, 0.05) is 24.5 Å². The van der Waals surface area contributed by atoms with Crippen molar-refractivity contribution < 1.29 is 8.81 Å². The molecule has 0 saturated carbocycles. The number of halogens is 1. The molecule has 3 aromatic heterocycles. The van der Waals surface area contributed by atoms with Crippen molar-refractivity contribution in [3.8, 4) is 22.8 Å². The van der Waals surface area contributed by atoms with Crippen molar-refractivity contribution in [2.45, 2.75) is 31.3 Å². The molecule has 0 unspecified atom stereocenters. The number of thioether (sulfide) groups is 1. The number of hydrogen-bond acceptors (Lipinski definition) is 7. The van der Waals surface area contributed by atoms with Crippen LogP contribution >= 0.6 is 11.8 Å². The minimum Gasteiger partial charge on any atom is -0.420 e. The van der Waals surface area contributed by atoms with Crippen molar-refractivity contribution in [1.29, 1.82) is 0 Å². The maximum atomic E-state index is 14.0. The van der Waals surface area contributed by atoms with Gasteiger partial charge < -0.3 is 8.98 Å². The van der Waals surface area contributed by atoms with E-state index in [-0.39, 0.29) is 11.7 Å². The Hall–Kier alpha value is -3.07. The van der Waals surface area contributed by atoms with Gasteiger partial charge in [-0.2, -0.15) is 0 Å². The Morgan fingerprint density at radius 3 is 2.68 bits per heavy atom. The lowest BCUT2D eigenvalue weighted by Crippen LogP contribution is -2.00. The third-order valence-electron chi connectivity index (χ3n) is 4.12. The Kier molecular flexibility index (Phi) is 5.16. The zero-order chi connectivity index (χ0) is 19.5. The number of pyridine rings is 1. The van der Waals surface area contributed by atoms with E-state index < -0.39 is 0 Å². The summed E-state index contributed by atoms with van der Waals surface area (Å²) >= 11 is 1.44. The molecule has 9 heteroatoms. The van der Waals surface area contributed by atoms with Gasteiger partial charge in [0.05, 0.1) is 11.3 Å². The second-order valence-electron chi connectivity index (χ2n) is 6.06. The Balaban J connectivity index is 1.52. The van der Waals surface area contributed by atoms with Crippen LogP contribution in [0, 0.1) is 12.7 Å². The minimum absolute atomic E-state index is 0.172. The summed E-state index contributed by atoms with van der Waals surface area (Å²) in [6.07, 6.45) is 3.45. The Morgan fingerprint density at radius 2 is 1.89 bits per heavy atom. The molecule has 0 atom stereocenters. The van der Waals surface area contributed by atoms with Crippen molar-refractivity contribution in [3.05, 3.63) is 60.0 Å². The van der Waals surface area contributed by atoms with Gasteiger partial charge in [-0.15, -0.1) is 20.4 Å². The summed E-state index contributed by atoms with van der Waals surface area (Å²) in [6, 6.07) is 8.57. The Morgan fingerprint density at radius 1 is 1.07 bits per heavy atom. The van der Waals surface area contributed by atoms with Gasteiger partial charge in [0.2, 0.25) is 5.89 Å². The topological polar surface area (TPSA) is 82.5 Å². The Labute approximate surface area is 165 Å². The molecule has 1 aromatic carbocycles. The van der Waals surface area contributed by atoms with E-state index in [1.165, 1.54) is 17.8 Å². The molecule has 0 aliphatic heterocycles. The second-order valence-corrected chi connectivity index (χ2v) is 7.00. The lowest BCUT2D eigenvalue weighted by Gasteiger charge is -2.06. The van der Waals surface area contributed by atoms with E-state index in [0.717, 1.165) is 28.7 Å². The van der Waals surface area contributed by atoms with E-state index in [1.807, 2.05) is 30.5 Å². The van der Waals surface area contributed by atoms with E-state index in [2.05, 4.69) is 25.4 Å². The lowest BCUT2D eigenvalue weighted by molar-refractivity contribution is 0.522. The summed E-state index contributed by atoms with van der Waals surface area (Å²) in [5, 5.41) is 17.3. The molecule has 0 saturated heterocycles. The first-order valence-corrected chi connectivity index (χ1v) is 9.69. The van der Waals surface area contributed by atoms with Crippen molar-refractivity contribution in [1.82, 2.24) is 29.9 Å². The van der Waals surface area contributed by atoms with Gasteiger partial charge in [-0.3, -0.25) is 4.98 Å². The average Bonchev–Trinajstić information content (AvgIpc) is 3.35. The molecule has 142 valence electrons. The third-order valence-corrected chi connectivity index (χ3v) is 5.07. The molecular formula is C19H17FN6OS. The summed E-state index contributed by atoms with van der Waals surface area (Å²) in [5.41, 5.74) is 2.18. The molecule has 0 aliphatic carbocycles. The molecule has 0 bridgehead atoms. The molecule has 0 amide bonds. The normalized spacial score (nSPS) is 11.1. The molecule has 0 aliphatic rings. The standard InChI is InChI=1S/C19H17FN6OS/c1-3-26-17(13-6-8-21-9-7-13)23-25-19(26)28-11-16-22-24-18(27-16)14-10-12(2)4-5-15(14)20/h4-10H,3,11H2,1-2H3. The number of hydrogen-bond donors (Lipinski definition) is 0. The molecular weight excluding hydrogens is 379 g/mol. The molecule has 0 N–H and O–H groups in total. The fraction of sp³-hybridized carbons (Fsp3) is 0.211. The van der Waals surface area contributed by atoms with Crippen LogP contribution in [0.3, 0.4) is 0 Å². The third kappa shape index (κ3) is 3.65. The first-order valence-electron chi connectivity index (χ1n) is 8.71. The second kappa shape index (κ2) is 7.89. The minimum atomic E-state index is -0.388. The van der Waals surface area contributed by atoms with E-state index in [4.69, 9.17) is 4.42 Å². The van der Waals surface area contributed by atoms with E-state index >= 15 is 0 Å². The van der Waals surface area contributed by atoms with Crippen LogP contribution in [0.4, 0.5) is 4.39 Å². The summed E-state index contributed by atoms with van der Waals surface area (Å²) in [7, 11) is 0. The zero-order valence-electron chi connectivity index (χ0n) is 15.3. The van der Waals surface area contributed by atoms with Crippen molar-refractivity contribution in [2.24, 2.45) is 0 Å². The maximum Gasteiger partial charge on any atom is 0.250 e. The molecule has 7 nitrogen and oxygen atoms in total. The van der Waals surface area contributed by atoms with Gasteiger partial charge in [-0.25, -0.2) is 4.39 Å². The van der Waals surface area contributed by atoms with E-state index in [1.54, 1.807) is 24.5 Å². The van der Waals surface area contributed by atoms with Crippen molar-refractivity contribution in [2.75, 3.05) is 0 Å². The average molecular weight is 396 g/mol. The van der Waals surface area contributed by atoms with Crippen LogP contribution in [0.2, 0.25) is 0 Å². The highest BCUT2D eigenvalue weighted by atomic mass is 32.2. The van der Waals surface area contributed by atoms with Gasteiger partial charge in [0.1, 0.15) is 5.82 Å². The van der Waals surface area contributed by atoms with Crippen LogP contribution in [-0.4, -0.2) is 29.9 Å². The lowest BCUT2D eigenvalue weighted by atomic mass is 10.1. The number of aryl methyl sites for hydroxylation is 1. The molecule has 0 spiro atoms. The monoisotopic (exact) mass is 396 g/mol. The highest BCUT2D eigenvalue weighted by Crippen LogP contribution is 2.28. The molecule has 0 radical (unpaired) electrons. The highest BCUT2D eigenvalue weighted by molar-refractivity contribution is 7.98. The number of rotatable bonds is 6. The molecule has 3 heterocycles. The van der Waals surface area contributed by atoms with Crippen molar-refractivity contribution in [3.63, 3.8) is 0 Å². The fourth-order valence-corrected chi connectivity index (χ4v) is 3.58. The SMILES string of the molecule is CCn1c(SCc2nnc(-c3cc(C)ccc3F)o2)nnc1-c1ccncc1. The Bertz CT molecular complexity index is 1100. The van der Waals surface area contributed by atoms with Gasteiger partial charge in [-0.05, 0) is 38.1 Å². The van der Waals surface area contributed by atoms with E-state index in [0.29, 0.717) is 17.2 Å². The number of benzene rings is 1. The van der Waals surface area contributed by atoms with Gasteiger partial charge in [-0.1, -0.05) is 23.4 Å². The van der Waals surface area contributed by atoms with Gasteiger partial charge in [0.15, 0.2) is 11.0 Å². The first kappa shape index (κ1) is 18.3. The zero-order valence-corrected chi connectivity index (χ0v) is 16.1. The van der Waals surface area contributed by atoms with Crippen LogP contribution in [0.1, 0.15) is 18.4 Å². The summed E-state index contributed by atoms with van der Waals surface area (Å²) in [4.78, 5) is 4.03. The summed E-state index contributed by atoms with van der Waals surface area (Å²) in [5.74, 6) is 1.37. The largest absolute Gasteiger partial charge is 0.420 e. The molecule has 4 rings (SSSR count). The highest BCUT2D eigenvalue weighted by Gasteiger charge is 2.16. The summed E-state index contributed by atoms with van der Waals surface area (Å²) < 4.78 is 21.7. The van der Waals surface area contributed by atoms with Gasteiger partial charge >= 0.3 is 0 Å². The molecule has 0 fully saturated rings. The van der Waals surface area contributed by atoms with E-state index in [9.17, 15) is 4.39 Å². The fourth-order valence-electron chi connectivity index (χ4n) is 2.75. The van der Waals surface area contributed by atoms with Crippen molar-refractivity contribution >= 4 is 11.8 Å². The quantitative estimate of drug-likeness (QED) is 0.453.